The fourth-order valence-corrected chi connectivity index (χ4v) is 4.51. The van der Waals surface area contributed by atoms with E-state index in [4.69, 9.17) is 23.2 Å². The van der Waals surface area contributed by atoms with E-state index in [2.05, 4.69) is 5.32 Å². The second-order valence-electron chi connectivity index (χ2n) is 5.69. The summed E-state index contributed by atoms with van der Waals surface area (Å²) in [5.74, 6) is -0.448. The maximum Gasteiger partial charge on any atom is 0.223 e. The van der Waals surface area contributed by atoms with Crippen LogP contribution < -0.4 is 10.2 Å². The molecule has 2 rings (SSSR count). The Hall–Kier alpha value is -1.31. The minimum Gasteiger partial charge on any atom is -0.352 e. The number of hydrogen-bond donors (Lipinski definition) is 1. The van der Waals surface area contributed by atoms with Gasteiger partial charge in [0.05, 0.1) is 21.6 Å². The number of nitrogens with one attached hydrogen (secondary N) is 1. The maximum absolute atomic E-state index is 12.0. The van der Waals surface area contributed by atoms with Crippen LogP contribution in [0.1, 0.15) is 19.8 Å². The summed E-state index contributed by atoms with van der Waals surface area (Å²) >= 11 is 11.8. The Morgan fingerprint density at radius 1 is 1.29 bits per heavy atom. The Kier molecular flexibility index (Phi) is 6.11. The molecule has 1 fully saturated rings. The lowest BCUT2D eigenvalue weighted by Gasteiger charge is -2.22. The van der Waals surface area contributed by atoms with Crippen molar-refractivity contribution in [2.24, 2.45) is 0 Å². The highest BCUT2D eigenvalue weighted by Crippen LogP contribution is 2.27. The summed E-state index contributed by atoms with van der Waals surface area (Å²) in [5, 5.41) is 3.40. The SMILES string of the molecule is CC(=O)N(CCC(=O)NC1CCS(=O)(=O)C1)c1ccc(Cl)c(Cl)c1. The molecule has 1 N–H and O–H groups in total. The molecule has 0 radical (unpaired) electrons. The fourth-order valence-electron chi connectivity index (χ4n) is 2.54. The molecule has 2 amide bonds. The molecule has 24 heavy (non-hydrogen) atoms. The van der Waals surface area contributed by atoms with E-state index in [0.29, 0.717) is 22.2 Å². The molecule has 6 nitrogen and oxygen atoms in total. The monoisotopic (exact) mass is 392 g/mol. The summed E-state index contributed by atoms with van der Waals surface area (Å²) in [7, 11) is -3.04. The zero-order valence-corrected chi connectivity index (χ0v) is 15.4. The van der Waals surface area contributed by atoms with Gasteiger partial charge in [-0.25, -0.2) is 8.42 Å². The van der Waals surface area contributed by atoms with Crippen LogP contribution in [0.4, 0.5) is 5.69 Å². The van der Waals surface area contributed by atoms with E-state index in [0.717, 1.165) is 0 Å². The number of anilines is 1. The van der Waals surface area contributed by atoms with Gasteiger partial charge in [0, 0.05) is 31.6 Å². The molecule has 1 aromatic carbocycles. The first-order valence-corrected chi connectivity index (χ1v) is 9.98. The van der Waals surface area contributed by atoms with Gasteiger partial charge in [0.1, 0.15) is 0 Å². The van der Waals surface area contributed by atoms with Crippen LogP contribution >= 0.6 is 23.2 Å². The predicted octanol–water partition coefficient (Wildman–Crippen LogP) is 2.04. The normalized spacial score (nSPS) is 19.0. The van der Waals surface area contributed by atoms with Gasteiger partial charge < -0.3 is 10.2 Å². The molecule has 132 valence electrons. The lowest BCUT2D eigenvalue weighted by atomic mass is 10.2. The van der Waals surface area contributed by atoms with Crippen molar-refractivity contribution in [2.75, 3.05) is 23.0 Å². The van der Waals surface area contributed by atoms with Crippen molar-refractivity contribution in [3.05, 3.63) is 28.2 Å². The topological polar surface area (TPSA) is 83.6 Å². The van der Waals surface area contributed by atoms with Crippen LogP contribution in [0.3, 0.4) is 0 Å². The number of amides is 2. The second kappa shape index (κ2) is 7.72. The van der Waals surface area contributed by atoms with Gasteiger partial charge in [-0.2, -0.15) is 0 Å². The smallest absolute Gasteiger partial charge is 0.223 e. The minimum absolute atomic E-state index is 0.0258. The van der Waals surface area contributed by atoms with Gasteiger partial charge in [-0.15, -0.1) is 0 Å². The lowest BCUT2D eigenvalue weighted by molar-refractivity contribution is -0.121. The Balaban J connectivity index is 1.95. The van der Waals surface area contributed by atoms with Gasteiger partial charge in [-0.1, -0.05) is 23.2 Å². The number of carbonyl (C=O) groups is 2. The first kappa shape index (κ1) is 19.0. The molecule has 1 atom stereocenters. The van der Waals surface area contributed by atoms with Crippen LogP contribution in [0.15, 0.2) is 18.2 Å². The zero-order chi connectivity index (χ0) is 17.9. The third-order valence-electron chi connectivity index (χ3n) is 3.75. The number of benzene rings is 1. The summed E-state index contributed by atoms with van der Waals surface area (Å²) in [5.41, 5.74) is 0.549. The number of hydrogen-bond acceptors (Lipinski definition) is 4. The van der Waals surface area contributed by atoms with Crippen molar-refractivity contribution < 1.29 is 18.0 Å². The Morgan fingerprint density at radius 3 is 2.54 bits per heavy atom. The first-order chi connectivity index (χ1) is 11.2. The zero-order valence-electron chi connectivity index (χ0n) is 13.1. The molecule has 0 spiro atoms. The van der Waals surface area contributed by atoms with Gasteiger partial charge in [0.15, 0.2) is 9.84 Å². The number of halogens is 2. The number of rotatable bonds is 5. The quantitative estimate of drug-likeness (QED) is 0.830. The number of carbonyl (C=O) groups excluding carboxylic acids is 2. The van der Waals surface area contributed by atoms with Crippen molar-refractivity contribution in [1.82, 2.24) is 5.32 Å². The Bertz CT molecular complexity index is 752. The molecule has 9 heteroatoms. The highest BCUT2D eigenvalue weighted by Gasteiger charge is 2.29. The number of sulfone groups is 1. The molecule has 1 aliphatic rings. The van der Waals surface area contributed by atoms with E-state index in [1.807, 2.05) is 0 Å². The van der Waals surface area contributed by atoms with Crippen LogP contribution in [0, 0.1) is 0 Å². The summed E-state index contributed by atoms with van der Waals surface area (Å²) in [6.45, 7) is 1.56. The van der Waals surface area contributed by atoms with Gasteiger partial charge >= 0.3 is 0 Å². The van der Waals surface area contributed by atoms with Crippen molar-refractivity contribution in [3.63, 3.8) is 0 Å². The largest absolute Gasteiger partial charge is 0.352 e. The van der Waals surface area contributed by atoms with E-state index in [-0.39, 0.29) is 42.3 Å². The predicted molar refractivity (Wildman–Crippen MR) is 94.3 cm³/mol. The first-order valence-electron chi connectivity index (χ1n) is 7.41. The standard InChI is InChI=1S/C15H18Cl2N2O4S/c1-10(20)19(12-2-3-13(16)14(17)8-12)6-4-15(21)18-11-5-7-24(22,23)9-11/h2-3,8,11H,4-7,9H2,1H3,(H,18,21). The molecule has 1 saturated heterocycles. The molecule has 0 saturated carbocycles. The third kappa shape index (κ3) is 5.09. The molecule has 0 aromatic heterocycles. The van der Waals surface area contributed by atoms with Gasteiger partial charge in [-0.05, 0) is 24.6 Å². The Labute approximate surface area is 151 Å². The molecule has 0 aliphatic carbocycles. The van der Waals surface area contributed by atoms with E-state index >= 15 is 0 Å². The molecule has 1 heterocycles. The molecule has 1 unspecified atom stereocenters. The average molecular weight is 393 g/mol. The van der Waals surface area contributed by atoms with Crippen LogP contribution in [0.5, 0.6) is 0 Å². The van der Waals surface area contributed by atoms with Gasteiger partial charge in [0.2, 0.25) is 11.8 Å². The van der Waals surface area contributed by atoms with E-state index in [1.165, 1.54) is 11.8 Å². The summed E-state index contributed by atoms with van der Waals surface area (Å²) in [6, 6.07) is 4.45. The summed E-state index contributed by atoms with van der Waals surface area (Å²) in [6.07, 6.45) is 0.494. The van der Waals surface area contributed by atoms with E-state index < -0.39 is 9.84 Å². The van der Waals surface area contributed by atoms with Crippen molar-refractivity contribution in [1.29, 1.82) is 0 Å². The van der Waals surface area contributed by atoms with Gasteiger partial charge in [0.25, 0.3) is 0 Å². The molecule has 0 bridgehead atoms. The van der Waals surface area contributed by atoms with E-state index in [9.17, 15) is 18.0 Å². The average Bonchev–Trinajstić information content (AvgIpc) is 2.81. The maximum atomic E-state index is 12.0. The fraction of sp³-hybridized carbons (Fsp3) is 0.467. The Morgan fingerprint density at radius 2 is 2.00 bits per heavy atom. The second-order valence-corrected chi connectivity index (χ2v) is 8.73. The van der Waals surface area contributed by atoms with Crippen LogP contribution in [0.25, 0.3) is 0 Å². The van der Waals surface area contributed by atoms with E-state index in [1.54, 1.807) is 18.2 Å². The lowest BCUT2D eigenvalue weighted by Crippen LogP contribution is -2.38. The number of nitrogens with zero attached hydrogens (tertiary/aromatic N) is 1. The highest BCUT2D eigenvalue weighted by molar-refractivity contribution is 7.91. The minimum atomic E-state index is -3.04. The van der Waals surface area contributed by atoms with Crippen LogP contribution in [0.2, 0.25) is 10.0 Å². The van der Waals surface area contributed by atoms with Crippen molar-refractivity contribution >= 4 is 50.5 Å². The third-order valence-corrected chi connectivity index (χ3v) is 6.26. The highest BCUT2D eigenvalue weighted by atomic mass is 35.5. The molecule has 1 aliphatic heterocycles. The van der Waals surface area contributed by atoms with Crippen molar-refractivity contribution in [3.8, 4) is 0 Å². The summed E-state index contributed by atoms with van der Waals surface area (Å²) in [4.78, 5) is 25.2. The van der Waals surface area contributed by atoms with Crippen LogP contribution in [-0.2, 0) is 19.4 Å². The van der Waals surface area contributed by atoms with Gasteiger partial charge in [-0.3, -0.25) is 9.59 Å². The van der Waals surface area contributed by atoms with Crippen LogP contribution in [-0.4, -0.2) is 44.3 Å². The summed E-state index contributed by atoms with van der Waals surface area (Å²) < 4.78 is 22.8. The molecular formula is C15H18Cl2N2O4S. The molecule has 1 aromatic rings. The molecular weight excluding hydrogens is 375 g/mol. The van der Waals surface area contributed by atoms with Crippen molar-refractivity contribution in [2.45, 2.75) is 25.8 Å².